The molecule has 0 aliphatic carbocycles. The summed E-state index contributed by atoms with van der Waals surface area (Å²) in [5.74, 6) is -1.15. The Morgan fingerprint density at radius 1 is 1.37 bits per heavy atom. The lowest BCUT2D eigenvalue weighted by molar-refractivity contribution is -0.145. The first-order valence-corrected chi connectivity index (χ1v) is 5.82. The summed E-state index contributed by atoms with van der Waals surface area (Å²) in [6.45, 7) is 0.409. The molecule has 1 aromatic carbocycles. The highest BCUT2D eigenvalue weighted by Crippen LogP contribution is 2.11. The number of carbonyl (C=O) groups is 2. The Morgan fingerprint density at radius 2 is 1.95 bits per heavy atom. The van der Waals surface area contributed by atoms with Gasteiger partial charge in [-0.15, -0.1) is 0 Å². The Bertz CT molecular complexity index is 444. The summed E-state index contributed by atoms with van der Waals surface area (Å²) in [4.78, 5) is 23.5. The van der Waals surface area contributed by atoms with Gasteiger partial charge in [-0.05, 0) is 24.1 Å². The van der Waals surface area contributed by atoms with Gasteiger partial charge in [-0.3, -0.25) is 4.79 Å². The van der Waals surface area contributed by atoms with E-state index in [-0.39, 0.29) is 0 Å². The van der Waals surface area contributed by atoms with Gasteiger partial charge in [-0.1, -0.05) is 12.1 Å². The van der Waals surface area contributed by atoms with Gasteiger partial charge in [0.2, 0.25) is 0 Å². The molecule has 1 unspecified atom stereocenters. The molecule has 0 saturated heterocycles. The van der Waals surface area contributed by atoms with Gasteiger partial charge in [0, 0.05) is 13.6 Å². The highest BCUT2D eigenvalue weighted by atomic mass is 16.5. The van der Waals surface area contributed by atoms with E-state index in [1.54, 1.807) is 7.11 Å². The van der Waals surface area contributed by atoms with Crippen LogP contribution in [0.4, 0.5) is 0 Å². The van der Waals surface area contributed by atoms with Crippen molar-refractivity contribution in [2.75, 3.05) is 20.7 Å². The Hall–Kier alpha value is -2.08. The van der Waals surface area contributed by atoms with Gasteiger partial charge in [0.15, 0.2) is 6.04 Å². The number of amides is 1. The molecule has 6 nitrogen and oxygen atoms in total. The second-order valence-corrected chi connectivity index (χ2v) is 4.17. The average Bonchev–Trinajstić information content (AvgIpc) is 2.43. The highest BCUT2D eigenvalue weighted by molar-refractivity contribution is 6.00. The number of hydrogen-bond acceptors (Lipinski definition) is 4. The maximum atomic E-state index is 11.6. The normalized spacial score (nSPS) is 11.7. The first-order valence-electron chi connectivity index (χ1n) is 5.82. The predicted octanol–water partition coefficient (Wildman–Crippen LogP) is 0.108. The van der Waals surface area contributed by atoms with Crippen LogP contribution in [0, 0.1) is 0 Å². The van der Waals surface area contributed by atoms with Crippen molar-refractivity contribution in [3.05, 3.63) is 29.8 Å². The van der Waals surface area contributed by atoms with Crippen molar-refractivity contribution in [3.63, 3.8) is 0 Å². The second kappa shape index (κ2) is 6.75. The van der Waals surface area contributed by atoms with Crippen LogP contribution in [0.15, 0.2) is 24.3 Å². The van der Waals surface area contributed by atoms with Gasteiger partial charge >= 0.3 is 5.97 Å². The highest BCUT2D eigenvalue weighted by Gasteiger charge is 2.24. The number of hydrogen-bond donors (Lipinski definition) is 2. The molecular weight excluding hydrogens is 248 g/mol. The summed E-state index contributed by atoms with van der Waals surface area (Å²) in [6.07, 6.45) is 0.624. The van der Waals surface area contributed by atoms with Crippen LogP contribution in [0.5, 0.6) is 5.75 Å². The molecule has 0 aliphatic heterocycles. The number of benzene rings is 1. The lowest BCUT2D eigenvalue weighted by atomic mass is 10.1. The van der Waals surface area contributed by atoms with E-state index in [1.807, 2.05) is 24.3 Å². The summed E-state index contributed by atoms with van der Waals surface area (Å²) in [6, 6.07) is 5.96. The number of nitrogens with zero attached hydrogens (tertiary/aromatic N) is 1. The van der Waals surface area contributed by atoms with Crippen molar-refractivity contribution in [1.82, 2.24) is 4.90 Å². The van der Waals surface area contributed by atoms with Gasteiger partial charge in [0.25, 0.3) is 5.91 Å². The maximum absolute atomic E-state index is 11.6. The first kappa shape index (κ1) is 15.0. The number of likely N-dealkylation sites (N-methyl/N-ethyl adjacent to an activating group) is 1. The third-order valence-corrected chi connectivity index (χ3v) is 2.80. The summed E-state index contributed by atoms with van der Waals surface area (Å²) >= 11 is 0. The van der Waals surface area contributed by atoms with E-state index in [1.165, 1.54) is 11.9 Å². The molecule has 0 bridgehead atoms. The molecule has 0 spiro atoms. The van der Waals surface area contributed by atoms with Crippen LogP contribution in [0.3, 0.4) is 0 Å². The topological polar surface area (TPSA) is 92.9 Å². The molecule has 1 amide bonds. The molecule has 0 aromatic heterocycles. The van der Waals surface area contributed by atoms with E-state index in [2.05, 4.69) is 0 Å². The average molecular weight is 266 g/mol. The summed E-state index contributed by atoms with van der Waals surface area (Å²) in [7, 11) is 3.13. The molecule has 0 radical (unpaired) electrons. The van der Waals surface area contributed by atoms with E-state index in [0.29, 0.717) is 13.0 Å². The van der Waals surface area contributed by atoms with E-state index in [9.17, 15) is 9.59 Å². The molecule has 1 rings (SSSR count). The quantitative estimate of drug-likeness (QED) is 0.713. The minimum atomic E-state index is -1.50. The fourth-order valence-electron chi connectivity index (χ4n) is 1.54. The number of carbonyl (C=O) groups excluding carboxylic acids is 1. The summed E-state index contributed by atoms with van der Waals surface area (Å²) in [5, 5.41) is 8.66. The molecule has 19 heavy (non-hydrogen) atoms. The van der Waals surface area contributed by atoms with Gasteiger partial charge in [0.05, 0.1) is 7.11 Å². The van der Waals surface area contributed by atoms with Crippen molar-refractivity contribution in [1.29, 1.82) is 0 Å². The molecule has 104 valence electrons. The third kappa shape index (κ3) is 4.26. The number of rotatable bonds is 6. The third-order valence-electron chi connectivity index (χ3n) is 2.80. The van der Waals surface area contributed by atoms with Crippen LogP contribution in [-0.2, 0) is 16.0 Å². The monoisotopic (exact) mass is 266 g/mol. The number of carboxylic acid groups (broad SMARTS) is 1. The fourth-order valence-corrected chi connectivity index (χ4v) is 1.54. The van der Waals surface area contributed by atoms with Crippen molar-refractivity contribution in [3.8, 4) is 5.75 Å². The zero-order valence-corrected chi connectivity index (χ0v) is 11.0. The molecule has 1 atom stereocenters. The van der Waals surface area contributed by atoms with Crippen molar-refractivity contribution in [2.45, 2.75) is 12.5 Å². The number of carboxylic acids is 1. The van der Waals surface area contributed by atoms with Crippen LogP contribution >= 0.6 is 0 Å². The molecule has 0 saturated carbocycles. The summed E-state index contributed by atoms with van der Waals surface area (Å²) in [5.41, 5.74) is 6.29. The van der Waals surface area contributed by atoms with Gasteiger partial charge in [0.1, 0.15) is 5.75 Å². The van der Waals surface area contributed by atoms with Crippen molar-refractivity contribution in [2.24, 2.45) is 5.73 Å². The Labute approximate surface area is 111 Å². The minimum Gasteiger partial charge on any atom is -0.497 e. The molecule has 1 aromatic rings. The summed E-state index contributed by atoms with van der Waals surface area (Å²) < 4.78 is 5.04. The van der Waals surface area contributed by atoms with E-state index < -0.39 is 17.9 Å². The Kier molecular flexibility index (Phi) is 5.32. The van der Waals surface area contributed by atoms with Crippen LogP contribution in [0.1, 0.15) is 5.56 Å². The minimum absolute atomic E-state index is 0.409. The van der Waals surface area contributed by atoms with Crippen LogP contribution in [0.25, 0.3) is 0 Å². The number of aliphatic carboxylic acids is 1. The molecule has 0 aliphatic rings. The van der Waals surface area contributed by atoms with E-state index >= 15 is 0 Å². The Balaban J connectivity index is 2.51. The smallest absolute Gasteiger partial charge is 0.330 e. The standard InChI is InChI=1S/C13H18N2O4/c1-15(12(16)11(14)13(17)18)8-7-9-3-5-10(19-2)6-4-9/h3-6,11H,7-8,14H2,1-2H3,(H,17,18). The first-order chi connectivity index (χ1) is 8.95. The van der Waals surface area contributed by atoms with Crippen LogP contribution in [0.2, 0.25) is 0 Å². The SMILES string of the molecule is COc1ccc(CCN(C)C(=O)C(N)C(=O)O)cc1. The van der Waals surface area contributed by atoms with E-state index in [0.717, 1.165) is 11.3 Å². The molecular formula is C13H18N2O4. The number of nitrogens with two attached hydrogens (primary N) is 1. The molecule has 6 heteroatoms. The largest absolute Gasteiger partial charge is 0.497 e. The maximum Gasteiger partial charge on any atom is 0.330 e. The van der Waals surface area contributed by atoms with Crippen molar-refractivity contribution < 1.29 is 19.4 Å². The van der Waals surface area contributed by atoms with Crippen molar-refractivity contribution >= 4 is 11.9 Å². The predicted molar refractivity (Wildman–Crippen MR) is 69.9 cm³/mol. The van der Waals surface area contributed by atoms with Gasteiger partial charge in [-0.2, -0.15) is 0 Å². The lowest BCUT2D eigenvalue weighted by Gasteiger charge is -2.19. The van der Waals surface area contributed by atoms with E-state index in [4.69, 9.17) is 15.6 Å². The number of ether oxygens (including phenoxy) is 1. The van der Waals surface area contributed by atoms with Gasteiger partial charge < -0.3 is 20.5 Å². The zero-order chi connectivity index (χ0) is 14.4. The second-order valence-electron chi connectivity index (χ2n) is 4.17. The lowest BCUT2D eigenvalue weighted by Crippen LogP contribution is -2.47. The van der Waals surface area contributed by atoms with Gasteiger partial charge in [-0.25, -0.2) is 4.79 Å². The Morgan fingerprint density at radius 3 is 2.42 bits per heavy atom. The molecule has 0 fully saturated rings. The van der Waals surface area contributed by atoms with Crippen LogP contribution in [-0.4, -0.2) is 48.6 Å². The zero-order valence-electron chi connectivity index (χ0n) is 11.0. The number of methoxy groups -OCH3 is 1. The molecule has 0 heterocycles. The van der Waals surface area contributed by atoms with Crippen LogP contribution < -0.4 is 10.5 Å². The molecule has 3 N–H and O–H groups in total. The fraction of sp³-hybridized carbons (Fsp3) is 0.385.